The predicted molar refractivity (Wildman–Crippen MR) is 150 cm³/mol. The van der Waals surface area contributed by atoms with Crippen LogP contribution in [0.2, 0.25) is 0 Å². The van der Waals surface area contributed by atoms with Crippen molar-refractivity contribution in [1.82, 2.24) is 14.2 Å². The Balaban J connectivity index is 1.41. The third kappa shape index (κ3) is 6.10. The first-order valence-electron chi connectivity index (χ1n) is 12.2. The van der Waals surface area contributed by atoms with E-state index in [1.165, 1.54) is 0 Å². The molecule has 0 saturated carbocycles. The predicted octanol–water partition coefficient (Wildman–Crippen LogP) is 5.32. The van der Waals surface area contributed by atoms with Crippen molar-refractivity contribution < 1.29 is 13.2 Å². The zero-order valence-electron chi connectivity index (χ0n) is 21.1. The molecule has 2 aromatic carbocycles. The molecule has 1 saturated heterocycles. The number of hydrogen-bond donors (Lipinski definition) is 0. The zero-order valence-corrected chi connectivity index (χ0v) is 24.4. The lowest BCUT2D eigenvalue weighted by molar-refractivity contribution is 0.0746. The van der Waals surface area contributed by atoms with Gasteiger partial charge in [0.15, 0.2) is 5.13 Å². The molecule has 2 heterocycles. The smallest absolute Gasteiger partial charge is 0.253 e. The van der Waals surface area contributed by atoms with E-state index in [1.54, 1.807) is 39.9 Å². The van der Waals surface area contributed by atoms with E-state index in [0.29, 0.717) is 44.8 Å². The third-order valence-electron chi connectivity index (χ3n) is 6.05. The summed E-state index contributed by atoms with van der Waals surface area (Å²) in [5.41, 5.74) is 1.48. The Hall–Kier alpha value is -2.01. The molecule has 0 atom stereocenters. The third-order valence-corrected chi connectivity index (χ3v) is 9.47. The second-order valence-corrected chi connectivity index (χ2v) is 13.9. The Morgan fingerprint density at radius 1 is 1.00 bits per heavy atom. The summed E-state index contributed by atoms with van der Waals surface area (Å²) in [6.45, 7) is 11.6. The molecule has 1 aliphatic heterocycles. The number of carbonyl (C=O) groups excluding carboxylic acids is 1. The van der Waals surface area contributed by atoms with Crippen molar-refractivity contribution in [2.45, 2.75) is 32.6 Å². The highest BCUT2D eigenvalue weighted by molar-refractivity contribution is 9.10. The van der Waals surface area contributed by atoms with Crippen molar-refractivity contribution in [3.63, 3.8) is 0 Å². The molecule has 0 aliphatic carbocycles. The van der Waals surface area contributed by atoms with Gasteiger partial charge in [-0.15, -0.1) is 0 Å². The number of benzene rings is 2. The van der Waals surface area contributed by atoms with Gasteiger partial charge >= 0.3 is 0 Å². The van der Waals surface area contributed by atoms with Crippen LogP contribution in [0.5, 0.6) is 0 Å². The van der Waals surface area contributed by atoms with E-state index >= 15 is 0 Å². The maximum Gasteiger partial charge on any atom is 0.253 e. The first-order chi connectivity index (χ1) is 17.0. The molecule has 1 aliphatic rings. The van der Waals surface area contributed by atoms with E-state index in [-0.39, 0.29) is 22.6 Å². The van der Waals surface area contributed by atoms with Crippen molar-refractivity contribution >= 4 is 58.5 Å². The number of hydrogen-bond acceptors (Lipinski definition) is 6. The Labute approximate surface area is 226 Å². The van der Waals surface area contributed by atoms with E-state index in [9.17, 15) is 13.2 Å². The maximum absolute atomic E-state index is 13.3. The van der Waals surface area contributed by atoms with Gasteiger partial charge in [0.2, 0.25) is 10.0 Å². The zero-order chi connectivity index (χ0) is 26.0. The molecular weight excluding hydrogens is 560 g/mol. The second kappa shape index (κ2) is 11.2. The summed E-state index contributed by atoms with van der Waals surface area (Å²) in [5, 5.41) is 0.970. The number of aromatic nitrogens is 1. The number of sulfonamides is 1. The Kier molecular flexibility index (Phi) is 8.38. The second-order valence-electron chi connectivity index (χ2n) is 10.0. The molecule has 4 rings (SSSR count). The SMILES string of the molecule is CC(C)CN(CC(C)C)S(=O)(=O)c1ccc(C(=O)N2CCN(c3nc4ccc(Br)cc4s3)CC2)cc1. The summed E-state index contributed by atoms with van der Waals surface area (Å²) < 4.78 is 30.2. The van der Waals surface area contributed by atoms with Crippen LogP contribution >= 0.6 is 27.3 Å². The topological polar surface area (TPSA) is 73.8 Å². The van der Waals surface area contributed by atoms with Crippen molar-refractivity contribution in [3.8, 4) is 0 Å². The van der Waals surface area contributed by atoms with Gasteiger partial charge in [-0.3, -0.25) is 4.79 Å². The van der Waals surface area contributed by atoms with Crippen molar-refractivity contribution in [3.05, 3.63) is 52.5 Å². The molecule has 0 spiro atoms. The fraction of sp³-hybridized carbons (Fsp3) is 0.462. The van der Waals surface area contributed by atoms with E-state index in [0.717, 1.165) is 19.8 Å². The van der Waals surface area contributed by atoms with Gasteiger partial charge in [0.25, 0.3) is 5.91 Å². The molecule has 7 nitrogen and oxygen atoms in total. The molecule has 0 N–H and O–H groups in total. The summed E-state index contributed by atoms with van der Waals surface area (Å²) in [6.07, 6.45) is 0. The number of thiazole rings is 1. The number of nitrogens with zero attached hydrogens (tertiary/aromatic N) is 4. The molecule has 0 bridgehead atoms. The molecular formula is C26H33BrN4O3S2. The number of piperazine rings is 1. The van der Waals surface area contributed by atoms with Gasteiger partial charge in [0.05, 0.1) is 15.1 Å². The highest BCUT2D eigenvalue weighted by Gasteiger charge is 2.27. The summed E-state index contributed by atoms with van der Waals surface area (Å²) in [5.74, 6) is 0.374. The van der Waals surface area contributed by atoms with E-state index in [1.807, 2.05) is 44.7 Å². The molecule has 1 aromatic heterocycles. The average Bonchev–Trinajstić information content (AvgIpc) is 3.26. The minimum atomic E-state index is -3.62. The number of carbonyl (C=O) groups is 1. The molecule has 36 heavy (non-hydrogen) atoms. The Morgan fingerprint density at radius 2 is 1.61 bits per heavy atom. The largest absolute Gasteiger partial charge is 0.345 e. The van der Waals surface area contributed by atoms with Gasteiger partial charge in [-0.25, -0.2) is 13.4 Å². The number of fused-ring (bicyclic) bond motifs is 1. The Morgan fingerprint density at radius 3 is 2.19 bits per heavy atom. The molecule has 1 amide bonds. The summed E-state index contributed by atoms with van der Waals surface area (Å²) in [4.78, 5) is 22.2. The fourth-order valence-corrected chi connectivity index (χ4v) is 7.64. The van der Waals surface area contributed by atoms with E-state index < -0.39 is 10.0 Å². The van der Waals surface area contributed by atoms with Gasteiger partial charge in [-0.2, -0.15) is 4.31 Å². The first-order valence-corrected chi connectivity index (χ1v) is 15.3. The highest BCUT2D eigenvalue weighted by atomic mass is 79.9. The van der Waals surface area contributed by atoms with Gasteiger partial charge in [0, 0.05) is 49.3 Å². The highest BCUT2D eigenvalue weighted by Crippen LogP contribution is 2.31. The molecule has 10 heteroatoms. The summed E-state index contributed by atoms with van der Waals surface area (Å²) >= 11 is 5.17. The first kappa shape index (κ1) is 27.0. The lowest BCUT2D eigenvalue weighted by Crippen LogP contribution is -2.48. The monoisotopic (exact) mass is 592 g/mol. The molecule has 0 unspecified atom stereocenters. The maximum atomic E-state index is 13.3. The number of rotatable bonds is 8. The molecule has 3 aromatic rings. The van der Waals surface area contributed by atoms with Gasteiger partial charge in [-0.05, 0) is 54.3 Å². The quantitative estimate of drug-likeness (QED) is 0.354. The average molecular weight is 594 g/mol. The van der Waals surface area contributed by atoms with Gasteiger partial charge < -0.3 is 9.80 Å². The van der Waals surface area contributed by atoms with Crippen LogP contribution in [-0.2, 0) is 10.0 Å². The number of anilines is 1. The van der Waals surface area contributed by atoms with Crippen LogP contribution < -0.4 is 4.90 Å². The van der Waals surface area contributed by atoms with Gasteiger partial charge in [0.1, 0.15) is 0 Å². The van der Waals surface area contributed by atoms with Crippen LogP contribution in [0.4, 0.5) is 5.13 Å². The van der Waals surface area contributed by atoms with Crippen LogP contribution in [0.3, 0.4) is 0 Å². The molecule has 194 valence electrons. The number of halogens is 1. The van der Waals surface area contributed by atoms with Crippen LogP contribution in [0.1, 0.15) is 38.1 Å². The van der Waals surface area contributed by atoms with Crippen LogP contribution in [0, 0.1) is 11.8 Å². The molecule has 0 radical (unpaired) electrons. The van der Waals surface area contributed by atoms with Crippen molar-refractivity contribution in [2.75, 3.05) is 44.2 Å². The minimum absolute atomic E-state index is 0.0759. The Bertz CT molecular complexity index is 1300. The number of amides is 1. The summed E-state index contributed by atoms with van der Waals surface area (Å²) in [7, 11) is -3.62. The van der Waals surface area contributed by atoms with Crippen LogP contribution in [0.25, 0.3) is 10.2 Å². The van der Waals surface area contributed by atoms with Crippen LogP contribution in [0.15, 0.2) is 51.8 Å². The van der Waals surface area contributed by atoms with E-state index in [4.69, 9.17) is 4.98 Å². The summed E-state index contributed by atoms with van der Waals surface area (Å²) in [6, 6.07) is 12.5. The van der Waals surface area contributed by atoms with E-state index in [2.05, 4.69) is 26.9 Å². The molecule has 1 fully saturated rings. The van der Waals surface area contributed by atoms with Gasteiger partial charge in [-0.1, -0.05) is 55.0 Å². The lowest BCUT2D eigenvalue weighted by Gasteiger charge is -2.34. The van der Waals surface area contributed by atoms with Crippen molar-refractivity contribution in [2.24, 2.45) is 11.8 Å². The standard InChI is InChI=1S/C26H33BrN4O3S2/c1-18(2)16-31(17-19(3)4)36(33,34)22-8-5-20(6-9-22)25(32)29-11-13-30(14-12-29)26-28-23-10-7-21(27)15-24(23)35-26/h5-10,15,18-19H,11-14,16-17H2,1-4H3. The minimum Gasteiger partial charge on any atom is -0.345 e. The fourth-order valence-electron chi connectivity index (χ4n) is 4.31. The van der Waals surface area contributed by atoms with Crippen LogP contribution in [-0.4, -0.2) is 67.8 Å². The normalized spacial score (nSPS) is 15.0. The van der Waals surface area contributed by atoms with Crippen molar-refractivity contribution in [1.29, 1.82) is 0 Å². The lowest BCUT2D eigenvalue weighted by atomic mass is 10.2.